The highest BCUT2D eigenvalue weighted by molar-refractivity contribution is 5.97. The van der Waals surface area contributed by atoms with E-state index >= 15 is 0 Å². The Hall–Kier alpha value is -3.75. The number of hydrogen-bond acceptors (Lipinski definition) is 7. The van der Waals surface area contributed by atoms with Gasteiger partial charge in [-0.2, -0.15) is 5.10 Å². The summed E-state index contributed by atoms with van der Waals surface area (Å²) in [5.41, 5.74) is 3.48. The van der Waals surface area contributed by atoms with Crippen LogP contribution in [0.1, 0.15) is 36.2 Å². The molecule has 9 nitrogen and oxygen atoms in total. The van der Waals surface area contributed by atoms with Gasteiger partial charge in [-0.05, 0) is 55.3 Å². The molecule has 3 rings (SSSR count). The Kier molecular flexibility index (Phi) is 7.69. The molecule has 0 radical (unpaired) electrons. The number of rotatable bonds is 10. The second kappa shape index (κ2) is 10.9. The lowest BCUT2D eigenvalue weighted by Gasteiger charge is -2.11. The molecule has 0 saturated carbocycles. The van der Waals surface area contributed by atoms with Crippen LogP contribution in [0.15, 0.2) is 41.5 Å². The summed E-state index contributed by atoms with van der Waals surface area (Å²) in [6.07, 6.45) is 2.38. The van der Waals surface area contributed by atoms with E-state index in [2.05, 4.69) is 15.8 Å². The highest BCUT2D eigenvalue weighted by Gasteiger charge is 2.16. The largest absolute Gasteiger partial charge is 0.490 e. The molecule has 9 heteroatoms. The molecule has 0 unspecified atom stereocenters. The Balaban J connectivity index is 1.49. The molecule has 31 heavy (non-hydrogen) atoms. The third-order valence-corrected chi connectivity index (χ3v) is 4.18. The minimum Gasteiger partial charge on any atom is -0.490 e. The molecule has 1 heterocycles. The van der Waals surface area contributed by atoms with Crippen molar-refractivity contribution in [3.05, 3.63) is 47.5 Å². The Bertz CT molecular complexity index is 960. The fourth-order valence-electron chi connectivity index (χ4n) is 2.72. The van der Waals surface area contributed by atoms with Crippen LogP contribution in [-0.2, 0) is 4.79 Å². The van der Waals surface area contributed by atoms with E-state index in [0.717, 1.165) is 12.0 Å². The molecular formula is C22H25N3O6. The molecular weight excluding hydrogens is 402 g/mol. The van der Waals surface area contributed by atoms with E-state index in [-0.39, 0.29) is 13.3 Å². The van der Waals surface area contributed by atoms with Crippen molar-refractivity contribution < 1.29 is 28.5 Å². The van der Waals surface area contributed by atoms with Crippen LogP contribution in [-0.4, -0.2) is 44.6 Å². The predicted molar refractivity (Wildman–Crippen MR) is 114 cm³/mol. The van der Waals surface area contributed by atoms with Gasteiger partial charge in [0.1, 0.15) is 0 Å². The average Bonchev–Trinajstić information content (AvgIpc) is 3.25. The molecule has 0 bridgehead atoms. The summed E-state index contributed by atoms with van der Waals surface area (Å²) in [7, 11) is 0. The summed E-state index contributed by atoms with van der Waals surface area (Å²) in [5, 5.41) is 6.46. The van der Waals surface area contributed by atoms with E-state index in [0.29, 0.717) is 41.8 Å². The minimum atomic E-state index is -0.460. The molecule has 164 valence electrons. The zero-order valence-corrected chi connectivity index (χ0v) is 17.5. The van der Waals surface area contributed by atoms with Gasteiger partial charge in [0.05, 0.1) is 26.0 Å². The van der Waals surface area contributed by atoms with Gasteiger partial charge >= 0.3 is 0 Å². The summed E-state index contributed by atoms with van der Waals surface area (Å²) in [6.45, 7) is 4.93. The molecule has 2 N–H and O–H groups in total. The fraction of sp³-hybridized carbons (Fsp3) is 0.318. The quantitative estimate of drug-likeness (QED) is 0.446. The number of amides is 2. The van der Waals surface area contributed by atoms with E-state index in [9.17, 15) is 9.59 Å². The minimum absolute atomic E-state index is 0.126. The Morgan fingerprint density at radius 3 is 2.71 bits per heavy atom. The van der Waals surface area contributed by atoms with Gasteiger partial charge in [0.2, 0.25) is 6.79 Å². The number of carbonyl (C=O) groups excluding carboxylic acids is 2. The fourth-order valence-corrected chi connectivity index (χ4v) is 2.72. The highest BCUT2D eigenvalue weighted by Crippen LogP contribution is 2.32. The van der Waals surface area contributed by atoms with E-state index in [1.807, 2.05) is 19.9 Å². The topological polar surface area (TPSA) is 107 Å². The number of benzene rings is 2. The number of fused-ring (bicyclic) bond motifs is 1. The first kappa shape index (κ1) is 21.9. The van der Waals surface area contributed by atoms with Gasteiger partial charge in [0, 0.05) is 5.56 Å². The summed E-state index contributed by atoms with van der Waals surface area (Å²) < 4.78 is 21.7. The number of ether oxygens (including phenoxy) is 4. The van der Waals surface area contributed by atoms with E-state index in [1.165, 1.54) is 6.21 Å². The number of carbonyl (C=O) groups is 2. The van der Waals surface area contributed by atoms with Crippen LogP contribution in [0.25, 0.3) is 0 Å². The van der Waals surface area contributed by atoms with Crippen molar-refractivity contribution in [3.8, 4) is 23.0 Å². The van der Waals surface area contributed by atoms with Crippen LogP contribution >= 0.6 is 0 Å². The van der Waals surface area contributed by atoms with E-state index in [4.69, 9.17) is 18.9 Å². The number of hydrazone groups is 1. The summed E-state index contributed by atoms with van der Waals surface area (Å²) >= 11 is 0. The molecule has 0 aromatic heterocycles. The maximum absolute atomic E-state index is 12.2. The first-order valence-corrected chi connectivity index (χ1v) is 10.00. The van der Waals surface area contributed by atoms with Crippen LogP contribution in [0.2, 0.25) is 0 Å². The van der Waals surface area contributed by atoms with Crippen molar-refractivity contribution in [2.24, 2.45) is 5.10 Å². The van der Waals surface area contributed by atoms with Gasteiger partial charge in [0.15, 0.2) is 23.0 Å². The summed E-state index contributed by atoms with van der Waals surface area (Å²) in [6, 6.07) is 10.2. The maximum atomic E-state index is 12.2. The number of hydrogen-bond donors (Lipinski definition) is 2. The van der Waals surface area contributed by atoms with Crippen molar-refractivity contribution in [1.82, 2.24) is 10.7 Å². The standard InChI is InChI=1S/C22H25N3O6/c1-3-9-29-17-7-5-15(10-19(17)28-4-2)12-24-25-21(26)13-23-22(27)16-6-8-18-20(11-16)31-14-30-18/h5-8,10-12H,3-4,9,13-14H2,1-2H3,(H,23,27)(H,25,26)/b24-12+. The number of nitrogens with one attached hydrogen (secondary N) is 2. The first-order chi connectivity index (χ1) is 15.1. The zero-order chi connectivity index (χ0) is 22.1. The number of nitrogens with zero attached hydrogens (tertiary/aromatic N) is 1. The molecule has 2 amide bonds. The third kappa shape index (κ3) is 6.11. The summed E-state index contributed by atoms with van der Waals surface area (Å²) in [4.78, 5) is 24.2. The zero-order valence-electron chi connectivity index (χ0n) is 17.5. The van der Waals surface area contributed by atoms with Crippen molar-refractivity contribution in [2.75, 3.05) is 26.6 Å². The maximum Gasteiger partial charge on any atom is 0.259 e. The molecule has 2 aromatic rings. The molecule has 1 aliphatic heterocycles. The van der Waals surface area contributed by atoms with Crippen LogP contribution in [0.5, 0.6) is 23.0 Å². The Morgan fingerprint density at radius 1 is 1.06 bits per heavy atom. The molecule has 0 saturated heterocycles. The van der Waals surface area contributed by atoms with Gasteiger partial charge in [0.25, 0.3) is 11.8 Å². The second-order valence-electron chi connectivity index (χ2n) is 6.53. The predicted octanol–water partition coefficient (Wildman–Crippen LogP) is 2.48. The van der Waals surface area contributed by atoms with Crippen molar-refractivity contribution in [3.63, 3.8) is 0 Å². The smallest absolute Gasteiger partial charge is 0.259 e. The van der Waals surface area contributed by atoms with Crippen LogP contribution in [0.4, 0.5) is 0 Å². The molecule has 0 atom stereocenters. The lowest BCUT2D eigenvalue weighted by molar-refractivity contribution is -0.120. The van der Waals surface area contributed by atoms with Crippen LogP contribution < -0.4 is 29.7 Å². The van der Waals surface area contributed by atoms with Gasteiger partial charge < -0.3 is 24.3 Å². The van der Waals surface area contributed by atoms with Crippen LogP contribution in [0, 0.1) is 0 Å². The first-order valence-electron chi connectivity index (χ1n) is 10.00. The van der Waals surface area contributed by atoms with Crippen LogP contribution in [0.3, 0.4) is 0 Å². The Labute approximate surface area is 180 Å². The monoisotopic (exact) mass is 427 g/mol. The average molecular weight is 427 g/mol. The van der Waals surface area contributed by atoms with Gasteiger partial charge in [-0.15, -0.1) is 0 Å². The second-order valence-corrected chi connectivity index (χ2v) is 6.53. The molecule has 0 fully saturated rings. The lowest BCUT2D eigenvalue weighted by Crippen LogP contribution is -2.34. The van der Waals surface area contributed by atoms with E-state index in [1.54, 1.807) is 30.3 Å². The molecule has 1 aliphatic rings. The Morgan fingerprint density at radius 2 is 1.90 bits per heavy atom. The van der Waals surface area contributed by atoms with Crippen molar-refractivity contribution >= 4 is 18.0 Å². The van der Waals surface area contributed by atoms with Gasteiger partial charge in [-0.25, -0.2) is 5.43 Å². The van der Waals surface area contributed by atoms with Crippen molar-refractivity contribution in [1.29, 1.82) is 0 Å². The third-order valence-electron chi connectivity index (χ3n) is 4.18. The van der Waals surface area contributed by atoms with Gasteiger partial charge in [-0.3, -0.25) is 9.59 Å². The van der Waals surface area contributed by atoms with E-state index < -0.39 is 11.8 Å². The molecule has 0 aliphatic carbocycles. The highest BCUT2D eigenvalue weighted by atomic mass is 16.7. The van der Waals surface area contributed by atoms with Gasteiger partial charge in [-0.1, -0.05) is 6.92 Å². The molecule has 2 aromatic carbocycles. The normalized spacial score (nSPS) is 11.9. The SMILES string of the molecule is CCCOc1ccc(/C=N/NC(=O)CNC(=O)c2ccc3c(c2)OCO3)cc1OCC. The van der Waals surface area contributed by atoms with Crippen molar-refractivity contribution in [2.45, 2.75) is 20.3 Å². The summed E-state index contributed by atoms with van der Waals surface area (Å²) in [5.74, 6) is 1.50. The lowest BCUT2D eigenvalue weighted by atomic mass is 10.2. The molecule has 0 spiro atoms.